The lowest BCUT2D eigenvalue weighted by molar-refractivity contribution is -0.226. The number of hydrogen-bond donors (Lipinski definition) is 0. The van der Waals surface area contributed by atoms with Crippen LogP contribution in [-0.4, -0.2) is 13.2 Å². The van der Waals surface area contributed by atoms with E-state index in [0.717, 1.165) is 26.4 Å². The summed E-state index contributed by atoms with van der Waals surface area (Å²) in [5.41, 5.74) is 1.19. The molecular formula is C10H12Br2O2S. The smallest absolute Gasteiger partial charge is 0.185 e. The Labute approximate surface area is 110 Å². The van der Waals surface area contributed by atoms with Gasteiger partial charge in [0.2, 0.25) is 0 Å². The third-order valence-electron chi connectivity index (χ3n) is 2.19. The van der Waals surface area contributed by atoms with Crippen LogP contribution in [0.25, 0.3) is 0 Å². The molecule has 2 nitrogen and oxygen atoms in total. The van der Waals surface area contributed by atoms with Crippen molar-refractivity contribution in [2.45, 2.75) is 20.1 Å². The number of thiophene rings is 1. The quantitative estimate of drug-likeness (QED) is 0.745. The zero-order chi connectivity index (χ0) is 11.1. The van der Waals surface area contributed by atoms with Gasteiger partial charge in [0.15, 0.2) is 6.29 Å². The summed E-state index contributed by atoms with van der Waals surface area (Å²) in [6, 6.07) is 2.04. The first-order valence-electron chi connectivity index (χ1n) is 4.66. The van der Waals surface area contributed by atoms with Crippen molar-refractivity contribution in [1.82, 2.24) is 0 Å². The minimum absolute atomic E-state index is 0.121. The highest BCUT2D eigenvalue weighted by Gasteiger charge is 2.30. The Balaban J connectivity index is 2.11. The van der Waals surface area contributed by atoms with Gasteiger partial charge < -0.3 is 9.47 Å². The fraction of sp³-hybridized carbons (Fsp3) is 0.600. The first kappa shape index (κ1) is 12.0. The third-order valence-corrected chi connectivity index (χ3v) is 4.57. The Morgan fingerprint density at radius 1 is 1.33 bits per heavy atom. The SMILES string of the molecule is CC1(C)COC(c2cc(Br)sc2Br)OC1. The molecule has 2 rings (SSSR count). The van der Waals surface area contributed by atoms with Crippen molar-refractivity contribution in [1.29, 1.82) is 0 Å². The van der Waals surface area contributed by atoms with Gasteiger partial charge in [-0.15, -0.1) is 11.3 Å². The molecule has 1 aromatic heterocycles. The van der Waals surface area contributed by atoms with Crippen molar-refractivity contribution in [2.75, 3.05) is 13.2 Å². The van der Waals surface area contributed by atoms with Crippen LogP contribution in [0.15, 0.2) is 13.6 Å². The van der Waals surface area contributed by atoms with Gasteiger partial charge in [0.1, 0.15) is 0 Å². The normalized spacial score (nSPS) is 21.9. The van der Waals surface area contributed by atoms with Crippen molar-refractivity contribution in [3.8, 4) is 0 Å². The summed E-state index contributed by atoms with van der Waals surface area (Å²) >= 11 is 8.60. The molecule has 2 heterocycles. The maximum atomic E-state index is 5.71. The van der Waals surface area contributed by atoms with Crippen molar-refractivity contribution >= 4 is 43.2 Å². The molecule has 0 amide bonds. The van der Waals surface area contributed by atoms with E-state index in [0.29, 0.717) is 0 Å². The summed E-state index contributed by atoms with van der Waals surface area (Å²) in [5, 5.41) is 0. The number of halogens is 2. The zero-order valence-electron chi connectivity index (χ0n) is 8.55. The molecule has 1 aliphatic rings. The lowest BCUT2D eigenvalue weighted by Gasteiger charge is -2.34. The number of hydrogen-bond acceptors (Lipinski definition) is 3. The largest absolute Gasteiger partial charge is 0.348 e. The van der Waals surface area contributed by atoms with Gasteiger partial charge in [-0.05, 0) is 37.9 Å². The van der Waals surface area contributed by atoms with Crippen molar-refractivity contribution in [3.05, 3.63) is 19.2 Å². The van der Waals surface area contributed by atoms with Gasteiger partial charge in [-0.1, -0.05) is 13.8 Å². The lowest BCUT2D eigenvalue weighted by Crippen LogP contribution is -2.33. The van der Waals surface area contributed by atoms with Crippen LogP contribution in [0.4, 0.5) is 0 Å². The van der Waals surface area contributed by atoms with Gasteiger partial charge in [-0.2, -0.15) is 0 Å². The predicted molar refractivity (Wildman–Crippen MR) is 68.1 cm³/mol. The Kier molecular flexibility index (Phi) is 3.57. The fourth-order valence-corrected chi connectivity index (χ4v) is 4.22. The van der Waals surface area contributed by atoms with Crippen molar-refractivity contribution in [3.63, 3.8) is 0 Å². The zero-order valence-corrected chi connectivity index (χ0v) is 12.5. The standard InChI is InChI=1S/C10H12Br2O2S/c1-10(2)4-13-9(14-5-10)6-3-7(11)15-8(6)12/h3,9H,4-5H2,1-2H3. The van der Waals surface area contributed by atoms with Crippen LogP contribution < -0.4 is 0 Å². The van der Waals surface area contributed by atoms with E-state index >= 15 is 0 Å². The summed E-state index contributed by atoms with van der Waals surface area (Å²) in [5.74, 6) is 0. The molecule has 0 bridgehead atoms. The predicted octanol–water partition coefficient (Wildman–Crippen LogP) is 4.34. The Morgan fingerprint density at radius 2 is 1.93 bits per heavy atom. The summed E-state index contributed by atoms with van der Waals surface area (Å²) in [6.45, 7) is 5.75. The molecule has 5 heteroatoms. The van der Waals surface area contributed by atoms with Crippen LogP contribution in [0.3, 0.4) is 0 Å². The van der Waals surface area contributed by atoms with Gasteiger partial charge in [-0.3, -0.25) is 0 Å². The van der Waals surface area contributed by atoms with E-state index in [1.165, 1.54) is 0 Å². The van der Waals surface area contributed by atoms with Crippen LogP contribution in [0, 0.1) is 5.41 Å². The van der Waals surface area contributed by atoms with Crippen LogP contribution in [0.2, 0.25) is 0 Å². The van der Waals surface area contributed by atoms with Gasteiger partial charge in [0, 0.05) is 11.0 Å². The molecule has 15 heavy (non-hydrogen) atoms. The summed E-state index contributed by atoms with van der Waals surface area (Å²) in [4.78, 5) is 0. The first-order valence-corrected chi connectivity index (χ1v) is 7.06. The van der Waals surface area contributed by atoms with Gasteiger partial charge in [-0.25, -0.2) is 0 Å². The molecule has 0 aliphatic carbocycles. The first-order chi connectivity index (χ1) is 6.98. The molecule has 0 N–H and O–H groups in total. The maximum Gasteiger partial charge on any atom is 0.185 e. The molecule has 1 fully saturated rings. The number of rotatable bonds is 1. The second kappa shape index (κ2) is 4.45. The highest BCUT2D eigenvalue weighted by Crippen LogP contribution is 2.40. The molecule has 0 saturated carbocycles. The summed E-state index contributed by atoms with van der Waals surface area (Å²) < 4.78 is 13.6. The highest BCUT2D eigenvalue weighted by molar-refractivity contribution is 9.12. The minimum atomic E-state index is -0.227. The van der Waals surface area contributed by atoms with Gasteiger partial charge in [0.05, 0.1) is 20.8 Å². The van der Waals surface area contributed by atoms with E-state index in [-0.39, 0.29) is 11.7 Å². The molecule has 0 aromatic carbocycles. The van der Waals surface area contributed by atoms with E-state index in [9.17, 15) is 0 Å². The van der Waals surface area contributed by atoms with Gasteiger partial charge >= 0.3 is 0 Å². The van der Waals surface area contributed by atoms with Crippen molar-refractivity contribution in [2.24, 2.45) is 5.41 Å². The molecule has 1 aromatic rings. The van der Waals surface area contributed by atoms with Crippen molar-refractivity contribution < 1.29 is 9.47 Å². The average molecular weight is 356 g/mol. The Hall–Kier alpha value is 0.580. The van der Waals surface area contributed by atoms with Crippen LogP contribution in [0.1, 0.15) is 25.7 Å². The summed E-state index contributed by atoms with van der Waals surface area (Å²) in [6.07, 6.45) is -0.227. The molecular weight excluding hydrogens is 344 g/mol. The maximum absolute atomic E-state index is 5.71. The second-order valence-corrected chi connectivity index (χ2v) is 8.15. The average Bonchev–Trinajstić information content (AvgIpc) is 2.45. The van der Waals surface area contributed by atoms with Gasteiger partial charge in [0.25, 0.3) is 0 Å². The Bertz CT molecular complexity index is 352. The lowest BCUT2D eigenvalue weighted by atomic mass is 9.95. The molecule has 1 aliphatic heterocycles. The molecule has 0 unspecified atom stereocenters. The molecule has 1 saturated heterocycles. The Morgan fingerprint density at radius 3 is 2.40 bits per heavy atom. The van der Waals surface area contributed by atoms with Crippen LogP contribution in [0.5, 0.6) is 0 Å². The molecule has 0 spiro atoms. The monoisotopic (exact) mass is 354 g/mol. The van der Waals surface area contributed by atoms with Crippen LogP contribution in [-0.2, 0) is 9.47 Å². The molecule has 84 valence electrons. The highest BCUT2D eigenvalue weighted by atomic mass is 79.9. The van der Waals surface area contributed by atoms with Crippen LogP contribution >= 0.6 is 43.2 Å². The molecule has 0 radical (unpaired) electrons. The third kappa shape index (κ3) is 2.82. The fourth-order valence-electron chi connectivity index (χ4n) is 1.39. The van der Waals surface area contributed by atoms with E-state index < -0.39 is 0 Å². The molecule has 0 atom stereocenters. The van der Waals surface area contributed by atoms with E-state index in [1.807, 2.05) is 6.07 Å². The second-order valence-electron chi connectivity index (χ2n) is 4.40. The van der Waals surface area contributed by atoms with E-state index in [2.05, 4.69) is 45.7 Å². The number of ether oxygens (including phenoxy) is 2. The van der Waals surface area contributed by atoms with E-state index in [1.54, 1.807) is 11.3 Å². The topological polar surface area (TPSA) is 18.5 Å². The minimum Gasteiger partial charge on any atom is -0.348 e. The van der Waals surface area contributed by atoms with E-state index in [4.69, 9.17) is 9.47 Å². The summed E-state index contributed by atoms with van der Waals surface area (Å²) in [7, 11) is 0.